The molecule has 1 aliphatic heterocycles. The Hall–Kier alpha value is -2.69. The monoisotopic (exact) mass is 384 g/mol. The SMILES string of the molecule is N#Cc1ccccc1COC(=O)[C@H]1CCCCN1S(=O)(=O)c1ccccc1. The van der Waals surface area contributed by atoms with E-state index in [0.29, 0.717) is 24.0 Å². The lowest BCUT2D eigenvalue weighted by atomic mass is 10.1. The van der Waals surface area contributed by atoms with Gasteiger partial charge in [0.15, 0.2) is 0 Å². The summed E-state index contributed by atoms with van der Waals surface area (Å²) in [6.45, 7) is 0.226. The van der Waals surface area contributed by atoms with Crippen molar-refractivity contribution in [1.82, 2.24) is 4.31 Å². The van der Waals surface area contributed by atoms with Gasteiger partial charge < -0.3 is 4.74 Å². The first kappa shape index (κ1) is 19.1. The van der Waals surface area contributed by atoms with E-state index in [0.717, 1.165) is 6.42 Å². The van der Waals surface area contributed by atoms with Crippen LogP contribution in [0, 0.1) is 11.3 Å². The van der Waals surface area contributed by atoms with E-state index in [1.54, 1.807) is 42.5 Å². The summed E-state index contributed by atoms with van der Waals surface area (Å²) in [5.41, 5.74) is 1.03. The maximum atomic E-state index is 13.0. The second-order valence-electron chi connectivity index (χ2n) is 6.32. The van der Waals surface area contributed by atoms with E-state index in [-0.39, 0.29) is 18.0 Å². The smallest absolute Gasteiger partial charge is 0.324 e. The van der Waals surface area contributed by atoms with Crippen LogP contribution in [-0.2, 0) is 26.2 Å². The fraction of sp³-hybridized carbons (Fsp3) is 0.300. The Morgan fingerprint density at radius 2 is 1.81 bits per heavy atom. The van der Waals surface area contributed by atoms with Gasteiger partial charge in [0.25, 0.3) is 0 Å². The number of ether oxygens (including phenoxy) is 1. The number of carbonyl (C=O) groups is 1. The van der Waals surface area contributed by atoms with Crippen molar-refractivity contribution in [1.29, 1.82) is 5.26 Å². The molecule has 3 rings (SSSR count). The van der Waals surface area contributed by atoms with Gasteiger partial charge >= 0.3 is 5.97 Å². The standard InChI is InChI=1S/C20H20N2O4S/c21-14-16-8-4-5-9-17(16)15-26-20(23)19-12-6-7-13-22(19)27(24,25)18-10-2-1-3-11-18/h1-5,8-11,19H,6-7,12-13,15H2/t19-/m1/s1. The molecule has 1 heterocycles. The van der Waals surface area contributed by atoms with Crippen molar-refractivity contribution in [2.75, 3.05) is 6.54 Å². The Balaban J connectivity index is 1.77. The van der Waals surface area contributed by atoms with Gasteiger partial charge in [-0.05, 0) is 37.5 Å². The molecule has 0 aliphatic carbocycles. The van der Waals surface area contributed by atoms with Crippen molar-refractivity contribution in [3.8, 4) is 6.07 Å². The van der Waals surface area contributed by atoms with Crippen LogP contribution >= 0.6 is 0 Å². The Labute approximate surface area is 159 Å². The Kier molecular flexibility index (Phi) is 5.89. The van der Waals surface area contributed by atoms with E-state index in [4.69, 9.17) is 10.00 Å². The molecule has 1 atom stereocenters. The van der Waals surface area contributed by atoms with Gasteiger partial charge in [-0.3, -0.25) is 4.79 Å². The molecule has 1 saturated heterocycles. The molecule has 6 nitrogen and oxygen atoms in total. The molecule has 2 aromatic rings. The molecule has 1 fully saturated rings. The molecule has 1 aliphatic rings. The van der Waals surface area contributed by atoms with Gasteiger partial charge in [-0.2, -0.15) is 9.57 Å². The predicted octanol–water partition coefficient (Wildman–Crippen LogP) is 2.84. The van der Waals surface area contributed by atoms with E-state index in [1.165, 1.54) is 16.4 Å². The lowest BCUT2D eigenvalue weighted by Gasteiger charge is -2.33. The molecule has 0 N–H and O–H groups in total. The number of rotatable bonds is 5. The van der Waals surface area contributed by atoms with Crippen LogP contribution in [0.5, 0.6) is 0 Å². The molecule has 2 aromatic carbocycles. The van der Waals surface area contributed by atoms with Crippen molar-refractivity contribution >= 4 is 16.0 Å². The van der Waals surface area contributed by atoms with Crippen molar-refractivity contribution in [3.05, 3.63) is 65.7 Å². The fourth-order valence-electron chi connectivity index (χ4n) is 3.16. The molecule has 27 heavy (non-hydrogen) atoms. The van der Waals surface area contributed by atoms with Crippen LogP contribution in [0.1, 0.15) is 30.4 Å². The largest absolute Gasteiger partial charge is 0.460 e. The lowest BCUT2D eigenvalue weighted by Crippen LogP contribution is -2.48. The molecule has 0 amide bonds. The first-order chi connectivity index (χ1) is 13.0. The van der Waals surface area contributed by atoms with Crippen molar-refractivity contribution in [2.45, 2.75) is 36.8 Å². The van der Waals surface area contributed by atoms with Crippen molar-refractivity contribution in [2.24, 2.45) is 0 Å². The molecular weight excluding hydrogens is 364 g/mol. The Morgan fingerprint density at radius 3 is 2.56 bits per heavy atom. The van der Waals surface area contributed by atoms with Gasteiger partial charge in [0.2, 0.25) is 10.0 Å². The van der Waals surface area contributed by atoms with Crippen molar-refractivity contribution < 1.29 is 17.9 Å². The normalized spacial score (nSPS) is 17.8. The Morgan fingerprint density at radius 1 is 1.11 bits per heavy atom. The summed E-state index contributed by atoms with van der Waals surface area (Å²) in [4.78, 5) is 12.8. The minimum atomic E-state index is -3.77. The van der Waals surface area contributed by atoms with Gasteiger partial charge in [0.05, 0.1) is 16.5 Å². The second kappa shape index (κ2) is 8.33. The highest BCUT2D eigenvalue weighted by molar-refractivity contribution is 7.89. The summed E-state index contributed by atoms with van der Waals surface area (Å²) >= 11 is 0. The number of sulfonamides is 1. The van der Waals surface area contributed by atoms with Crippen LogP contribution in [0.4, 0.5) is 0 Å². The van der Waals surface area contributed by atoms with Gasteiger partial charge in [0.1, 0.15) is 12.6 Å². The third-order valence-electron chi connectivity index (χ3n) is 4.58. The number of benzene rings is 2. The number of hydrogen-bond acceptors (Lipinski definition) is 5. The molecular formula is C20H20N2O4S. The minimum absolute atomic E-state index is 0.0573. The highest BCUT2D eigenvalue weighted by Gasteiger charge is 2.38. The fourth-order valence-corrected chi connectivity index (χ4v) is 4.82. The molecule has 0 aromatic heterocycles. The summed E-state index contributed by atoms with van der Waals surface area (Å²) in [5.74, 6) is -0.582. The lowest BCUT2D eigenvalue weighted by molar-refractivity contribution is -0.150. The van der Waals surface area contributed by atoms with E-state index >= 15 is 0 Å². The van der Waals surface area contributed by atoms with Crippen LogP contribution in [-0.4, -0.2) is 31.3 Å². The van der Waals surface area contributed by atoms with Crippen molar-refractivity contribution in [3.63, 3.8) is 0 Å². The third kappa shape index (κ3) is 4.18. The number of nitriles is 1. The van der Waals surface area contributed by atoms with Gasteiger partial charge in [-0.15, -0.1) is 0 Å². The molecule has 0 bridgehead atoms. The average molecular weight is 384 g/mol. The summed E-state index contributed by atoms with van der Waals surface area (Å²) in [6, 6.07) is 16.2. The highest BCUT2D eigenvalue weighted by atomic mass is 32.2. The molecule has 140 valence electrons. The van der Waals surface area contributed by atoms with Crippen LogP contribution in [0.15, 0.2) is 59.5 Å². The van der Waals surface area contributed by atoms with E-state index in [2.05, 4.69) is 6.07 Å². The summed E-state index contributed by atoms with van der Waals surface area (Å²) in [5, 5.41) is 9.13. The number of carbonyl (C=O) groups excluding carboxylic acids is 1. The van der Waals surface area contributed by atoms with Crippen LogP contribution in [0.3, 0.4) is 0 Å². The zero-order valence-corrected chi connectivity index (χ0v) is 15.6. The maximum Gasteiger partial charge on any atom is 0.324 e. The number of nitrogens with zero attached hydrogens (tertiary/aromatic N) is 2. The van der Waals surface area contributed by atoms with Crippen LogP contribution in [0.25, 0.3) is 0 Å². The third-order valence-corrected chi connectivity index (χ3v) is 6.51. The predicted molar refractivity (Wildman–Crippen MR) is 98.9 cm³/mol. The van der Waals surface area contributed by atoms with E-state index < -0.39 is 22.0 Å². The maximum absolute atomic E-state index is 13.0. The second-order valence-corrected chi connectivity index (χ2v) is 8.21. The minimum Gasteiger partial charge on any atom is -0.460 e. The van der Waals surface area contributed by atoms with Gasteiger partial charge in [-0.1, -0.05) is 36.4 Å². The van der Waals surface area contributed by atoms with Crippen LogP contribution in [0.2, 0.25) is 0 Å². The van der Waals surface area contributed by atoms with Crippen LogP contribution < -0.4 is 0 Å². The molecule has 7 heteroatoms. The summed E-state index contributed by atoms with van der Waals surface area (Å²) < 4.78 is 32.5. The van der Waals surface area contributed by atoms with Gasteiger partial charge in [0, 0.05) is 12.1 Å². The molecule has 0 saturated carbocycles. The van der Waals surface area contributed by atoms with Gasteiger partial charge in [-0.25, -0.2) is 8.42 Å². The highest BCUT2D eigenvalue weighted by Crippen LogP contribution is 2.26. The Bertz CT molecular complexity index is 951. The molecule has 0 spiro atoms. The molecule has 0 radical (unpaired) electrons. The summed E-state index contributed by atoms with van der Waals surface area (Å²) in [6.07, 6.45) is 1.88. The first-order valence-corrected chi connectivity index (χ1v) is 10.2. The summed E-state index contributed by atoms with van der Waals surface area (Å²) in [7, 11) is -3.77. The number of piperidine rings is 1. The zero-order valence-electron chi connectivity index (χ0n) is 14.7. The number of hydrogen-bond donors (Lipinski definition) is 0. The first-order valence-electron chi connectivity index (χ1n) is 8.75. The molecule has 0 unspecified atom stereocenters. The average Bonchev–Trinajstić information content (AvgIpc) is 2.72. The van der Waals surface area contributed by atoms with E-state index in [1.807, 2.05) is 0 Å². The quantitative estimate of drug-likeness (QED) is 0.740. The zero-order chi connectivity index (χ0) is 19.3. The number of esters is 1. The van der Waals surface area contributed by atoms with E-state index in [9.17, 15) is 13.2 Å². The topological polar surface area (TPSA) is 87.5 Å².